The zero-order chi connectivity index (χ0) is 11.8. The van der Waals surface area contributed by atoms with E-state index in [4.69, 9.17) is 0 Å². The van der Waals surface area contributed by atoms with Crippen LogP contribution in [0.5, 0.6) is 0 Å². The molecule has 3 saturated heterocycles. The largest absolute Gasteiger partial charge is 0.347 e. The quantitative estimate of drug-likeness (QED) is 0.721. The summed E-state index contributed by atoms with van der Waals surface area (Å²) in [5.74, 6) is 1.23. The van der Waals surface area contributed by atoms with Crippen LogP contribution in [0.2, 0.25) is 0 Å². The Morgan fingerprint density at radius 2 is 1.78 bits per heavy atom. The van der Waals surface area contributed by atoms with Gasteiger partial charge in [-0.15, -0.1) is 0 Å². The van der Waals surface area contributed by atoms with Crippen molar-refractivity contribution in [1.29, 1.82) is 0 Å². The minimum atomic E-state index is 0. The number of likely N-dealkylation sites (tertiary alicyclic amines) is 1. The van der Waals surface area contributed by atoms with Crippen LogP contribution in [0, 0.1) is 12.3 Å². The molecule has 1 amide bonds. The normalized spacial score (nSPS) is 35.6. The molecule has 2 bridgehead atoms. The van der Waals surface area contributed by atoms with Crippen LogP contribution in [0.4, 0.5) is 0 Å². The Labute approximate surface area is 122 Å². The van der Waals surface area contributed by atoms with Gasteiger partial charge in [-0.3, -0.25) is 9.69 Å². The molecule has 0 N–H and O–H groups in total. The molecule has 1 radical (unpaired) electrons. The number of hydrogen-bond acceptors (Lipinski definition) is 2. The van der Waals surface area contributed by atoms with Gasteiger partial charge in [0.25, 0.3) is 0 Å². The molecule has 2 unspecified atom stereocenters. The van der Waals surface area contributed by atoms with Crippen molar-refractivity contribution < 1.29 is 23.4 Å². The van der Waals surface area contributed by atoms with Gasteiger partial charge >= 0.3 is 0 Å². The molecule has 0 aromatic heterocycles. The van der Waals surface area contributed by atoms with Crippen LogP contribution in [0.25, 0.3) is 0 Å². The van der Waals surface area contributed by atoms with E-state index in [2.05, 4.69) is 23.1 Å². The van der Waals surface area contributed by atoms with Gasteiger partial charge in [-0.25, -0.2) is 0 Å². The first-order chi connectivity index (χ1) is 8.24. The van der Waals surface area contributed by atoms with Crippen LogP contribution in [-0.4, -0.2) is 47.4 Å². The molecule has 4 rings (SSSR count). The van der Waals surface area contributed by atoms with Gasteiger partial charge in [0.05, 0.1) is 6.54 Å². The summed E-state index contributed by atoms with van der Waals surface area (Å²) in [6.45, 7) is 4.91. The first-order valence-corrected chi connectivity index (χ1v) is 7.09. The molecule has 0 aromatic carbocycles. The van der Waals surface area contributed by atoms with E-state index in [-0.39, 0.29) is 18.6 Å². The molecule has 4 heteroatoms. The zero-order valence-electron chi connectivity index (χ0n) is 11.2. The maximum atomic E-state index is 12.2. The molecule has 3 nitrogen and oxygen atoms in total. The average Bonchev–Trinajstić information content (AvgIpc) is 2.36. The molecule has 1 saturated carbocycles. The van der Waals surface area contributed by atoms with Crippen molar-refractivity contribution in [3.63, 3.8) is 0 Å². The first kappa shape index (κ1) is 14.4. The minimum Gasteiger partial charge on any atom is -0.347 e. The number of piperidine rings is 2. The van der Waals surface area contributed by atoms with Gasteiger partial charge in [-0.05, 0) is 38.3 Å². The van der Waals surface area contributed by atoms with Crippen LogP contribution < -0.4 is 0 Å². The molecular formula is C14H23N2OV-. The predicted octanol–water partition coefficient (Wildman–Crippen LogP) is 1.68. The van der Waals surface area contributed by atoms with Gasteiger partial charge in [-0.1, -0.05) is 6.92 Å². The Hall–Kier alpha value is 0.0144. The van der Waals surface area contributed by atoms with Crippen molar-refractivity contribution in [2.24, 2.45) is 5.92 Å². The van der Waals surface area contributed by atoms with E-state index in [1.165, 1.54) is 19.3 Å². The van der Waals surface area contributed by atoms with E-state index in [1.54, 1.807) is 0 Å². The third-order valence-electron chi connectivity index (χ3n) is 4.71. The van der Waals surface area contributed by atoms with Crippen LogP contribution in [0.15, 0.2) is 0 Å². The molecule has 18 heavy (non-hydrogen) atoms. The number of carbonyl (C=O) groups is 1. The fourth-order valence-electron chi connectivity index (χ4n) is 3.75. The van der Waals surface area contributed by atoms with Crippen molar-refractivity contribution in [3.05, 3.63) is 6.42 Å². The second kappa shape index (κ2) is 5.98. The molecule has 3 heterocycles. The van der Waals surface area contributed by atoms with Gasteiger partial charge in [-0.2, -0.15) is 12.8 Å². The van der Waals surface area contributed by atoms with Gasteiger partial charge in [0.1, 0.15) is 0 Å². The standard InChI is InChI=1S/C14H23N2O.V/c1-11-7-12-9-13(8-11)16(12)10-14(17)15-5-3-2-4-6-15;/h2,11-13H,3-10H2,1H3;/q-1;. The fourth-order valence-corrected chi connectivity index (χ4v) is 3.75. The first-order valence-electron chi connectivity index (χ1n) is 7.09. The van der Waals surface area contributed by atoms with Gasteiger partial charge in [0, 0.05) is 30.6 Å². The van der Waals surface area contributed by atoms with Gasteiger partial charge in [0.2, 0.25) is 5.91 Å². The monoisotopic (exact) mass is 286 g/mol. The summed E-state index contributed by atoms with van der Waals surface area (Å²) in [5.41, 5.74) is 0. The molecule has 3 aliphatic heterocycles. The third-order valence-corrected chi connectivity index (χ3v) is 4.71. The number of fused-ring (bicyclic) bond motifs is 2. The van der Waals surface area contributed by atoms with Crippen molar-refractivity contribution in [2.45, 2.75) is 51.1 Å². The number of carbonyl (C=O) groups excluding carboxylic acids is 1. The molecule has 0 spiro atoms. The molecule has 1 aliphatic carbocycles. The van der Waals surface area contributed by atoms with E-state index >= 15 is 0 Å². The summed E-state index contributed by atoms with van der Waals surface area (Å²) < 4.78 is 0. The maximum absolute atomic E-state index is 12.2. The summed E-state index contributed by atoms with van der Waals surface area (Å²) in [6, 6.07) is 1.42. The van der Waals surface area contributed by atoms with Gasteiger partial charge < -0.3 is 11.3 Å². The summed E-state index contributed by atoms with van der Waals surface area (Å²) in [5, 5.41) is 0. The SMILES string of the molecule is CC1CC2CC(C1)N2CC(=O)N1CC[CH-]CC1.[V]. The molecule has 4 fully saturated rings. The Kier molecular flexibility index (Phi) is 4.79. The summed E-state index contributed by atoms with van der Waals surface area (Å²) >= 11 is 0. The Morgan fingerprint density at radius 1 is 1.17 bits per heavy atom. The van der Waals surface area contributed by atoms with E-state index in [1.807, 2.05) is 0 Å². The third kappa shape index (κ3) is 2.78. The fraction of sp³-hybridized carbons (Fsp3) is 0.857. The summed E-state index contributed by atoms with van der Waals surface area (Å²) in [7, 11) is 0. The molecule has 2 atom stereocenters. The summed E-state index contributed by atoms with van der Waals surface area (Å²) in [4.78, 5) is 16.7. The van der Waals surface area contributed by atoms with Crippen LogP contribution >= 0.6 is 0 Å². The predicted molar refractivity (Wildman–Crippen MR) is 67.4 cm³/mol. The van der Waals surface area contributed by atoms with Crippen LogP contribution in [0.1, 0.15) is 39.0 Å². The van der Waals surface area contributed by atoms with Crippen LogP contribution in [0.3, 0.4) is 0 Å². The topological polar surface area (TPSA) is 23.6 Å². The number of nitrogens with zero attached hydrogens (tertiary/aromatic N) is 2. The van der Waals surface area contributed by atoms with Crippen molar-refractivity contribution in [1.82, 2.24) is 9.80 Å². The second-order valence-electron chi connectivity index (χ2n) is 6.04. The van der Waals surface area contributed by atoms with Crippen LogP contribution in [-0.2, 0) is 23.4 Å². The van der Waals surface area contributed by atoms with Crippen molar-refractivity contribution in [2.75, 3.05) is 19.6 Å². The second-order valence-corrected chi connectivity index (χ2v) is 6.04. The van der Waals surface area contributed by atoms with E-state index < -0.39 is 0 Å². The molecule has 0 aromatic rings. The number of rotatable bonds is 2. The van der Waals surface area contributed by atoms with Crippen molar-refractivity contribution >= 4 is 5.91 Å². The zero-order valence-corrected chi connectivity index (χ0v) is 12.6. The smallest absolute Gasteiger partial charge is 0.236 e. The Balaban J connectivity index is 0.00000120. The number of amides is 1. The Bertz CT molecular complexity index is 292. The maximum Gasteiger partial charge on any atom is 0.236 e. The number of hydrogen-bond donors (Lipinski definition) is 0. The van der Waals surface area contributed by atoms with Crippen molar-refractivity contribution in [3.8, 4) is 0 Å². The summed E-state index contributed by atoms with van der Waals surface area (Å²) in [6.07, 6.45) is 8.40. The van der Waals surface area contributed by atoms with E-state index in [0.29, 0.717) is 24.5 Å². The van der Waals surface area contributed by atoms with Gasteiger partial charge in [0.15, 0.2) is 0 Å². The molecule has 101 valence electrons. The molecular weight excluding hydrogens is 263 g/mol. The van der Waals surface area contributed by atoms with E-state index in [0.717, 1.165) is 31.8 Å². The molecule has 4 aliphatic rings. The average molecular weight is 286 g/mol. The Morgan fingerprint density at radius 3 is 2.39 bits per heavy atom. The van der Waals surface area contributed by atoms with E-state index in [9.17, 15) is 4.79 Å². The minimum absolute atomic E-state index is 0.